The summed E-state index contributed by atoms with van der Waals surface area (Å²) in [6, 6.07) is 16.0. The number of nitrogens with zero attached hydrogens (tertiary/aromatic N) is 2. The molecule has 0 bridgehead atoms. The number of hydrogen-bond donors (Lipinski definition) is 1. The van der Waals surface area contributed by atoms with E-state index < -0.39 is 5.97 Å². The maximum absolute atomic E-state index is 12.2. The number of anilines is 1. The van der Waals surface area contributed by atoms with E-state index in [-0.39, 0.29) is 16.9 Å². The van der Waals surface area contributed by atoms with E-state index >= 15 is 0 Å². The lowest BCUT2D eigenvalue weighted by molar-refractivity contribution is 0.0593. The quantitative estimate of drug-likeness (QED) is 0.728. The molecule has 0 unspecified atom stereocenters. The fourth-order valence-electron chi connectivity index (χ4n) is 2.87. The van der Waals surface area contributed by atoms with Crippen molar-refractivity contribution in [2.45, 2.75) is 13.8 Å². The molecule has 1 heterocycles. The largest absolute Gasteiger partial charge is 0.464 e. The lowest BCUT2D eigenvalue weighted by Crippen LogP contribution is -2.11. The van der Waals surface area contributed by atoms with Gasteiger partial charge >= 0.3 is 5.97 Å². The Balaban J connectivity index is 2.16. The van der Waals surface area contributed by atoms with Gasteiger partial charge in [0.15, 0.2) is 5.69 Å². The molecular formula is C21H19N3O2. The van der Waals surface area contributed by atoms with Crippen LogP contribution >= 0.6 is 0 Å². The van der Waals surface area contributed by atoms with Crippen molar-refractivity contribution in [1.29, 1.82) is 5.26 Å². The summed E-state index contributed by atoms with van der Waals surface area (Å²) >= 11 is 0. The van der Waals surface area contributed by atoms with Gasteiger partial charge in [0, 0.05) is 11.9 Å². The molecule has 0 saturated carbocycles. The Morgan fingerprint density at radius 1 is 1.12 bits per heavy atom. The molecule has 0 aliphatic rings. The van der Waals surface area contributed by atoms with Gasteiger partial charge in [0.05, 0.1) is 18.4 Å². The minimum absolute atomic E-state index is 0.121. The maximum Gasteiger partial charge on any atom is 0.357 e. The van der Waals surface area contributed by atoms with E-state index in [0.717, 1.165) is 16.8 Å². The first-order chi connectivity index (χ1) is 12.5. The molecule has 26 heavy (non-hydrogen) atoms. The highest BCUT2D eigenvalue weighted by atomic mass is 16.5. The van der Waals surface area contributed by atoms with Gasteiger partial charge < -0.3 is 15.0 Å². The number of carbonyl (C=O) groups excluding carboxylic acids is 1. The molecular weight excluding hydrogens is 326 g/mol. The van der Waals surface area contributed by atoms with Crippen LogP contribution in [0, 0.1) is 25.2 Å². The van der Waals surface area contributed by atoms with Crippen LogP contribution in [-0.2, 0) is 4.74 Å². The topological polar surface area (TPSA) is 81.0 Å². The fraction of sp³-hybridized carbons (Fsp3) is 0.143. The highest BCUT2D eigenvalue weighted by Gasteiger charge is 2.21. The van der Waals surface area contributed by atoms with E-state index in [1.165, 1.54) is 18.2 Å². The van der Waals surface area contributed by atoms with Crippen molar-refractivity contribution < 1.29 is 9.53 Å². The summed E-state index contributed by atoms with van der Waals surface area (Å²) in [6.07, 6.45) is 1.56. The van der Waals surface area contributed by atoms with Crippen molar-refractivity contribution in [2.24, 2.45) is 0 Å². The van der Waals surface area contributed by atoms with Gasteiger partial charge in [-0.05, 0) is 48.2 Å². The first-order valence-electron chi connectivity index (χ1n) is 8.13. The second kappa shape index (κ2) is 6.77. The van der Waals surface area contributed by atoms with E-state index in [4.69, 9.17) is 10.5 Å². The van der Waals surface area contributed by atoms with Crippen LogP contribution in [0.25, 0.3) is 16.8 Å². The molecule has 5 heteroatoms. The van der Waals surface area contributed by atoms with Gasteiger partial charge in [0.25, 0.3) is 0 Å². The van der Waals surface area contributed by atoms with Crippen LogP contribution in [0.15, 0.2) is 48.7 Å². The molecule has 5 nitrogen and oxygen atoms in total. The highest BCUT2D eigenvalue weighted by molar-refractivity contribution is 5.96. The van der Waals surface area contributed by atoms with Crippen LogP contribution < -0.4 is 5.73 Å². The Bertz CT molecular complexity index is 1040. The van der Waals surface area contributed by atoms with Crippen molar-refractivity contribution in [3.05, 3.63) is 71.0 Å². The van der Waals surface area contributed by atoms with Crippen molar-refractivity contribution in [2.75, 3.05) is 12.8 Å². The second-order valence-electron chi connectivity index (χ2n) is 6.13. The number of nitrogen functional groups attached to an aromatic ring is 1. The molecule has 3 rings (SSSR count). The zero-order chi connectivity index (χ0) is 18.8. The number of nitrogens with two attached hydrogens (primary N) is 1. The molecule has 2 aromatic carbocycles. The summed E-state index contributed by atoms with van der Waals surface area (Å²) in [5, 5.41) is 9.25. The minimum Gasteiger partial charge on any atom is -0.464 e. The minimum atomic E-state index is -0.583. The summed E-state index contributed by atoms with van der Waals surface area (Å²) in [5.41, 5.74) is 11.7. The SMILES string of the molecule is COC(=O)c1c(N)c(C#N)cn1-c1cccc(-c2ccc(C)c(C)c2)c1. The highest BCUT2D eigenvalue weighted by Crippen LogP contribution is 2.28. The Morgan fingerprint density at radius 3 is 2.50 bits per heavy atom. The normalized spacial score (nSPS) is 10.4. The van der Waals surface area contributed by atoms with Gasteiger partial charge in [-0.1, -0.05) is 30.3 Å². The monoisotopic (exact) mass is 345 g/mol. The Kier molecular flexibility index (Phi) is 4.51. The van der Waals surface area contributed by atoms with Gasteiger partial charge in [-0.3, -0.25) is 0 Å². The molecule has 0 fully saturated rings. The van der Waals surface area contributed by atoms with Gasteiger partial charge in [0.1, 0.15) is 6.07 Å². The van der Waals surface area contributed by atoms with Crippen molar-refractivity contribution in [3.63, 3.8) is 0 Å². The van der Waals surface area contributed by atoms with Crippen LogP contribution in [-0.4, -0.2) is 17.6 Å². The predicted molar refractivity (Wildman–Crippen MR) is 101 cm³/mol. The molecule has 1 aromatic heterocycles. The number of ether oxygens (including phenoxy) is 1. The molecule has 0 saturated heterocycles. The number of nitriles is 1. The molecule has 0 atom stereocenters. The van der Waals surface area contributed by atoms with E-state index in [2.05, 4.69) is 32.0 Å². The van der Waals surface area contributed by atoms with Gasteiger partial charge in [-0.25, -0.2) is 4.79 Å². The summed E-state index contributed by atoms with van der Waals surface area (Å²) in [5.74, 6) is -0.583. The van der Waals surface area contributed by atoms with Crippen molar-refractivity contribution in [1.82, 2.24) is 4.57 Å². The molecule has 3 aromatic rings. The zero-order valence-corrected chi connectivity index (χ0v) is 14.9. The number of carbonyl (C=O) groups is 1. The molecule has 0 amide bonds. The third-order valence-corrected chi connectivity index (χ3v) is 4.51. The number of rotatable bonds is 3. The lowest BCUT2D eigenvalue weighted by atomic mass is 10.00. The zero-order valence-electron chi connectivity index (χ0n) is 14.9. The Labute approximate surface area is 152 Å². The molecule has 130 valence electrons. The van der Waals surface area contributed by atoms with Crippen molar-refractivity contribution in [3.8, 4) is 22.9 Å². The van der Waals surface area contributed by atoms with Crippen LogP contribution in [0.5, 0.6) is 0 Å². The van der Waals surface area contributed by atoms with Gasteiger partial charge in [-0.15, -0.1) is 0 Å². The maximum atomic E-state index is 12.2. The Morgan fingerprint density at radius 2 is 1.85 bits per heavy atom. The number of aryl methyl sites for hydroxylation is 2. The molecule has 0 spiro atoms. The van der Waals surface area contributed by atoms with E-state index in [9.17, 15) is 10.1 Å². The third-order valence-electron chi connectivity index (χ3n) is 4.51. The molecule has 0 aliphatic heterocycles. The molecule has 0 radical (unpaired) electrons. The predicted octanol–water partition coefficient (Wildman–Crippen LogP) is 4.00. The lowest BCUT2D eigenvalue weighted by Gasteiger charge is -2.11. The first-order valence-corrected chi connectivity index (χ1v) is 8.13. The number of hydrogen-bond acceptors (Lipinski definition) is 4. The van der Waals surface area contributed by atoms with Crippen molar-refractivity contribution >= 4 is 11.7 Å². The number of esters is 1. The van der Waals surface area contributed by atoms with Crippen LogP contribution in [0.4, 0.5) is 5.69 Å². The first kappa shape index (κ1) is 17.3. The standard InChI is InChI=1S/C21H19N3O2/c1-13-7-8-16(9-14(13)2)15-5-4-6-18(10-15)24-12-17(11-22)19(23)20(24)21(25)26-3/h4-10,12H,23H2,1-3H3. The van der Waals surface area contributed by atoms with Crippen LogP contribution in [0.1, 0.15) is 27.2 Å². The van der Waals surface area contributed by atoms with Crippen LogP contribution in [0.3, 0.4) is 0 Å². The number of methoxy groups -OCH3 is 1. The Hall–Kier alpha value is -3.52. The summed E-state index contributed by atoms with van der Waals surface area (Å²) in [4.78, 5) is 12.2. The molecule has 2 N–H and O–H groups in total. The fourth-order valence-corrected chi connectivity index (χ4v) is 2.87. The number of benzene rings is 2. The molecule has 0 aliphatic carbocycles. The smallest absolute Gasteiger partial charge is 0.357 e. The number of aromatic nitrogens is 1. The van der Waals surface area contributed by atoms with E-state index in [1.54, 1.807) is 10.8 Å². The summed E-state index contributed by atoms with van der Waals surface area (Å²) < 4.78 is 6.43. The van der Waals surface area contributed by atoms with Crippen LogP contribution in [0.2, 0.25) is 0 Å². The van der Waals surface area contributed by atoms with E-state index in [0.29, 0.717) is 0 Å². The van der Waals surface area contributed by atoms with Gasteiger partial charge in [0.2, 0.25) is 0 Å². The van der Waals surface area contributed by atoms with E-state index in [1.807, 2.05) is 30.3 Å². The second-order valence-corrected chi connectivity index (χ2v) is 6.13. The average Bonchev–Trinajstić information content (AvgIpc) is 3.00. The summed E-state index contributed by atoms with van der Waals surface area (Å²) in [6.45, 7) is 4.15. The third kappa shape index (κ3) is 2.93. The average molecular weight is 345 g/mol. The van der Waals surface area contributed by atoms with Gasteiger partial charge in [-0.2, -0.15) is 5.26 Å². The summed E-state index contributed by atoms with van der Waals surface area (Å²) in [7, 11) is 1.29.